The molecule has 0 spiro atoms. The van der Waals surface area contributed by atoms with Crippen molar-refractivity contribution in [3.8, 4) is 5.88 Å². The Labute approximate surface area is 163 Å². The first-order chi connectivity index (χ1) is 13.3. The van der Waals surface area contributed by atoms with Crippen LogP contribution in [0.3, 0.4) is 0 Å². The Kier molecular flexibility index (Phi) is 5.58. The summed E-state index contributed by atoms with van der Waals surface area (Å²) in [5.41, 5.74) is 2.18. The molecule has 0 aliphatic carbocycles. The van der Waals surface area contributed by atoms with Crippen LogP contribution in [0.25, 0.3) is 10.9 Å². The van der Waals surface area contributed by atoms with Crippen LogP contribution in [0, 0.1) is 0 Å². The SMILES string of the molecule is O=C(CSCc1ccccc1)N1CC[C@H](Oc2ccc3ccccc3n2)C1. The van der Waals surface area contributed by atoms with Crippen molar-refractivity contribution >= 4 is 28.6 Å². The summed E-state index contributed by atoms with van der Waals surface area (Å²) >= 11 is 1.66. The van der Waals surface area contributed by atoms with Crippen molar-refractivity contribution in [1.29, 1.82) is 0 Å². The van der Waals surface area contributed by atoms with Gasteiger partial charge in [0.1, 0.15) is 6.10 Å². The second-order valence-corrected chi connectivity index (χ2v) is 7.67. The number of carbonyl (C=O) groups excluding carboxylic acids is 1. The van der Waals surface area contributed by atoms with Crippen molar-refractivity contribution < 1.29 is 9.53 Å². The van der Waals surface area contributed by atoms with Gasteiger partial charge in [0.25, 0.3) is 0 Å². The van der Waals surface area contributed by atoms with E-state index in [4.69, 9.17) is 4.74 Å². The van der Waals surface area contributed by atoms with Gasteiger partial charge >= 0.3 is 0 Å². The van der Waals surface area contributed by atoms with Gasteiger partial charge in [0.2, 0.25) is 11.8 Å². The molecule has 4 rings (SSSR count). The highest BCUT2D eigenvalue weighted by Crippen LogP contribution is 2.21. The Hall–Kier alpha value is -2.53. The van der Waals surface area contributed by atoms with Gasteiger partial charge in [-0.3, -0.25) is 4.79 Å². The molecular formula is C22H22N2O2S. The summed E-state index contributed by atoms with van der Waals surface area (Å²) in [7, 11) is 0. The number of likely N-dealkylation sites (tertiary alicyclic amines) is 1. The fraction of sp³-hybridized carbons (Fsp3) is 0.273. The molecule has 0 unspecified atom stereocenters. The molecule has 2 heterocycles. The van der Waals surface area contributed by atoms with Gasteiger partial charge in [-0.2, -0.15) is 0 Å². The molecule has 2 aromatic carbocycles. The van der Waals surface area contributed by atoms with E-state index in [1.807, 2.05) is 59.5 Å². The van der Waals surface area contributed by atoms with E-state index in [1.165, 1.54) is 5.56 Å². The summed E-state index contributed by atoms with van der Waals surface area (Å²) in [6, 6.07) is 22.2. The van der Waals surface area contributed by atoms with E-state index in [2.05, 4.69) is 17.1 Å². The van der Waals surface area contributed by atoms with Crippen LogP contribution < -0.4 is 4.74 Å². The largest absolute Gasteiger partial charge is 0.472 e. The quantitative estimate of drug-likeness (QED) is 0.646. The first-order valence-corrected chi connectivity index (χ1v) is 10.4. The number of thioether (sulfide) groups is 1. The summed E-state index contributed by atoms with van der Waals surface area (Å²) < 4.78 is 6.03. The van der Waals surface area contributed by atoms with Crippen LogP contribution in [0.1, 0.15) is 12.0 Å². The zero-order valence-corrected chi connectivity index (χ0v) is 15.9. The lowest BCUT2D eigenvalue weighted by molar-refractivity contribution is -0.127. The number of hydrogen-bond acceptors (Lipinski definition) is 4. The lowest BCUT2D eigenvalue weighted by atomic mass is 10.2. The number of nitrogens with zero attached hydrogens (tertiary/aromatic N) is 2. The molecule has 1 atom stereocenters. The fourth-order valence-electron chi connectivity index (χ4n) is 3.26. The topological polar surface area (TPSA) is 42.4 Å². The molecule has 0 N–H and O–H groups in total. The van der Waals surface area contributed by atoms with Gasteiger partial charge in [-0.05, 0) is 17.7 Å². The minimum Gasteiger partial charge on any atom is -0.472 e. The number of carbonyl (C=O) groups is 1. The monoisotopic (exact) mass is 378 g/mol. The molecule has 4 nitrogen and oxygen atoms in total. The molecule has 27 heavy (non-hydrogen) atoms. The first kappa shape index (κ1) is 17.9. The summed E-state index contributed by atoms with van der Waals surface area (Å²) in [6.45, 7) is 1.39. The Morgan fingerprint density at radius 3 is 2.78 bits per heavy atom. The van der Waals surface area contributed by atoms with Crippen LogP contribution >= 0.6 is 11.8 Å². The maximum Gasteiger partial charge on any atom is 0.232 e. The van der Waals surface area contributed by atoms with Crippen molar-refractivity contribution in [3.05, 3.63) is 72.3 Å². The van der Waals surface area contributed by atoms with Crippen molar-refractivity contribution in [2.75, 3.05) is 18.8 Å². The number of hydrogen-bond donors (Lipinski definition) is 0. The van der Waals surface area contributed by atoms with Crippen LogP contribution in [0.5, 0.6) is 5.88 Å². The van der Waals surface area contributed by atoms with Gasteiger partial charge in [-0.1, -0.05) is 48.5 Å². The van der Waals surface area contributed by atoms with Gasteiger partial charge in [-0.15, -0.1) is 11.8 Å². The Morgan fingerprint density at radius 1 is 1.07 bits per heavy atom. The number of amides is 1. The Bertz CT molecular complexity index is 916. The van der Waals surface area contributed by atoms with E-state index in [0.29, 0.717) is 18.2 Å². The van der Waals surface area contributed by atoms with E-state index in [-0.39, 0.29) is 12.0 Å². The number of rotatable bonds is 6. The molecule has 1 saturated heterocycles. The van der Waals surface area contributed by atoms with Gasteiger partial charge in [0.05, 0.1) is 17.8 Å². The second kappa shape index (κ2) is 8.44. The molecule has 0 radical (unpaired) electrons. The molecule has 0 saturated carbocycles. The summed E-state index contributed by atoms with van der Waals surface area (Å²) in [6.07, 6.45) is 0.866. The van der Waals surface area contributed by atoms with Gasteiger partial charge in [0.15, 0.2) is 0 Å². The molecule has 5 heteroatoms. The standard InChI is InChI=1S/C22H22N2O2S/c25-22(16-27-15-17-6-2-1-3-7-17)24-13-12-19(14-24)26-21-11-10-18-8-4-5-9-20(18)23-21/h1-11,19H,12-16H2/t19-/m0/s1. The smallest absolute Gasteiger partial charge is 0.232 e. The molecule has 1 fully saturated rings. The fourth-order valence-corrected chi connectivity index (χ4v) is 4.14. The highest BCUT2D eigenvalue weighted by molar-refractivity contribution is 7.99. The third-order valence-electron chi connectivity index (χ3n) is 4.70. The predicted molar refractivity (Wildman–Crippen MR) is 110 cm³/mol. The van der Waals surface area contributed by atoms with Crippen LogP contribution in [0.4, 0.5) is 0 Å². The number of pyridine rings is 1. The second-order valence-electron chi connectivity index (χ2n) is 6.69. The van der Waals surface area contributed by atoms with Gasteiger partial charge in [0, 0.05) is 30.2 Å². The van der Waals surface area contributed by atoms with E-state index in [9.17, 15) is 4.79 Å². The molecule has 0 bridgehead atoms. The Morgan fingerprint density at radius 2 is 1.89 bits per heavy atom. The normalized spacial score (nSPS) is 16.6. The van der Waals surface area contributed by atoms with Crippen molar-refractivity contribution in [2.24, 2.45) is 0 Å². The molecule has 1 aliphatic rings. The van der Waals surface area contributed by atoms with E-state index in [1.54, 1.807) is 11.8 Å². The van der Waals surface area contributed by atoms with Crippen LogP contribution in [0.2, 0.25) is 0 Å². The number of benzene rings is 2. The van der Waals surface area contributed by atoms with E-state index >= 15 is 0 Å². The van der Waals surface area contributed by atoms with Crippen LogP contribution in [-0.4, -0.2) is 40.7 Å². The lowest BCUT2D eigenvalue weighted by Gasteiger charge is -2.17. The van der Waals surface area contributed by atoms with Crippen LogP contribution in [0.15, 0.2) is 66.7 Å². The van der Waals surface area contributed by atoms with Gasteiger partial charge in [-0.25, -0.2) is 4.98 Å². The molecule has 1 aliphatic heterocycles. The number of aromatic nitrogens is 1. The highest BCUT2D eigenvalue weighted by Gasteiger charge is 2.27. The summed E-state index contributed by atoms with van der Waals surface area (Å²) in [5.74, 6) is 2.19. The lowest BCUT2D eigenvalue weighted by Crippen LogP contribution is -2.32. The summed E-state index contributed by atoms with van der Waals surface area (Å²) in [4.78, 5) is 18.9. The van der Waals surface area contributed by atoms with E-state index < -0.39 is 0 Å². The molecule has 1 aromatic heterocycles. The minimum atomic E-state index is 0.0155. The minimum absolute atomic E-state index is 0.0155. The van der Waals surface area contributed by atoms with Crippen molar-refractivity contribution in [2.45, 2.75) is 18.3 Å². The third kappa shape index (κ3) is 4.61. The van der Waals surface area contributed by atoms with Crippen LogP contribution in [-0.2, 0) is 10.5 Å². The third-order valence-corrected chi connectivity index (χ3v) is 5.68. The highest BCUT2D eigenvalue weighted by atomic mass is 32.2. The average molecular weight is 378 g/mol. The number of fused-ring (bicyclic) bond motifs is 1. The molecule has 3 aromatic rings. The zero-order valence-electron chi connectivity index (χ0n) is 15.1. The molecule has 138 valence electrons. The molecule has 1 amide bonds. The average Bonchev–Trinajstić information content (AvgIpc) is 3.17. The molecular weight excluding hydrogens is 356 g/mol. The number of ether oxygens (including phenoxy) is 1. The maximum absolute atomic E-state index is 12.4. The van der Waals surface area contributed by atoms with Crippen molar-refractivity contribution in [3.63, 3.8) is 0 Å². The first-order valence-electron chi connectivity index (χ1n) is 9.20. The maximum atomic E-state index is 12.4. The van der Waals surface area contributed by atoms with Gasteiger partial charge < -0.3 is 9.64 Å². The van der Waals surface area contributed by atoms with E-state index in [0.717, 1.165) is 29.6 Å². The zero-order chi connectivity index (χ0) is 18.5. The van der Waals surface area contributed by atoms with Crippen molar-refractivity contribution in [1.82, 2.24) is 9.88 Å². The number of para-hydroxylation sites is 1. The predicted octanol–water partition coefficient (Wildman–Crippen LogP) is 4.15. The summed E-state index contributed by atoms with van der Waals surface area (Å²) in [5, 5.41) is 1.10. The Balaban J connectivity index is 1.27.